The number of methoxy groups -OCH3 is 1. The lowest BCUT2D eigenvalue weighted by Gasteiger charge is -2.41. The standard InChI is InChI=1S/C53H67N7O7/c1-11-16-44(61)58-26-23-38(31-58)49(63)57(9)46(33(3)4)48(62)55-53(8)29-35-17-13-18-36(27-35)37-21-22-43-40(28-37)41(47(59(43)12-2)39-19-14-24-54-45(39)34(5)66-10)30-52(6,7)32-67-50(64)42-20-15-25-60(56-42)51(53)65/h13-14,17-19,21-22,24,27-28,33-34,38,42,46,56H,12,15,20,23,25-26,29-32H2,1-10H3,(H,55,62)/t34-,38-,42-,46-,53-/m0/s1. The molecule has 3 aliphatic rings. The molecule has 67 heavy (non-hydrogen) atoms. The van der Waals surface area contributed by atoms with E-state index < -0.39 is 46.7 Å². The summed E-state index contributed by atoms with van der Waals surface area (Å²) in [5.41, 5.74) is 8.92. The Morgan fingerprint density at radius 3 is 2.49 bits per heavy atom. The van der Waals surface area contributed by atoms with E-state index >= 15 is 4.79 Å². The van der Waals surface area contributed by atoms with Crippen LogP contribution in [0.4, 0.5) is 0 Å². The van der Waals surface area contributed by atoms with Crippen molar-refractivity contribution in [3.8, 4) is 34.2 Å². The number of rotatable bonds is 9. The number of hydrogen-bond donors (Lipinski definition) is 2. The number of aryl methyl sites for hydroxylation is 1. The Morgan fingerprint density at radius 1 is 1.01 bits per heavy atom. The minimum atomic E-state index is -1.53. The molecule has 0 radical (unpaired) electrons. The molecule has 2 fully saturated rings. The number of hydrazine groups is 1. The predicted molar refractivity (Wildman–Crippen MR) is 258 cm³/mol. The smallest absolute Gasteiger partial charge is 0.324 e. The molecule has 2 aromatic heterocycles. The van der Waals surface area contributed by atoms with E-state index in [0.29, 0.717) is 45.3 Å². The van der Waals surface area contributed by atoms with Crippen molar-refractivity contribution in [1.82, 2.24) is 35.1 Å². The number of esters is 1. The lowest BCUT2D eigenvalue weighted by Crippen LogP contribution is -2.67. The number of amides is 4. The minimum absolute atomic E-state index is 0.110. The fraction of sp³-hybridized carbons (Fsp3) is 0.509. The van der Waals surface area contributed by atoms with Crippen LogP contribution in [0.5, 0.6) is 0 Å². The third kappa shape index (κ3) is 10.1. The molecule has 4 amide bonds. The molecule has 14 nitrogen and oxygen atoms in total. The average Bonchev–Trinajstić information content (AvgIpc) is 3.93. The van der Waals surface area contributed by atoms with Gasteiger partial charge in [-0.2, -0.15) is 0 Å². The van der Waals surface area contributed by atoms with Crippen LogP contribution in [0.3, 0.4) is 0 Å². The van der Waals surface area contributed by atoms with Crippen LogP contribution in [0.15, 0.2) is 60.8 Å². The highest BCUT2D eigenvalue weighted by atomic mass is 16.5. The van der Waals surface area contributed by atoms with E-state index in [9.17, 15) is 19.2 Å². The maximum absolute atomic E-state index is 15.0. The predicted octanol–water partition coefficient (Wildman–Crippen LogP) is 6.49. The van der Waals surface area contributed by atoms with E-state index in [4.69, 9.17) is 14.5 Å². The van der Waals surface area contributed by atoms with Gasteiger partial charge in [0.2, 0.25) is 11.8 Å². The van der Waals surface area contributed by atoms with Gasteiger partial charge in [-0.15, -0.1) is 0 Å². The molecule has 356 valence electrons. The van der Waals surface area contributed by atoms with Crippen LogP contribution < -0.4 is 10.7 Å². The van der Waals surface area contributed by atoms with Crippen molar-refractivity contribution in [3.05, 3.63) is 77.6 Å². The number of ether oxygens (including phenoxy) is 2. The number of hydrogen-bond acceptors (Lipinski definition) is 9. The van der Waals surface area contributed by atoms with E-state index in [1.54, 1.807) is 39.1 Å². The number of aromatic nitrogens is 2. The third-order valence-electron chi connectivity index (χ3n) is 13.7. The Morgan fingerprint density at radius 2 is 1.78 bits per heavy atom. The van der Waals surface area contributed by atoms with Crippen LogP contribution in [-0.2, 0) is 52.8 Å². The summed E-state index contributed by atoms with van der Waals surface area (Å²) in [5, 5.41) is 5.66. The second-order valence-electron chi connectivity index (χ2n) is 19.8. The molecule has 7 rings (SSSR count). The molecule has 5 atom stereocenters. The normalized spacial score (nSPS) is 21.8. The number of carbonyl (C=O) groups is 5. The third-order valence-corrected chi connectivity index (χ3v) is 13.7. The number of nitrogens with one attached hydrogen (secondary N) is 2. The summed E-state index contributed by atoms with van der Waals surface area (Å²) in [6, 6.07) is 16.9. The molecule has 2 saturated heterocycles. The SMILES string of the molecule is CC#CC(=O)N1CC[C@H](C(=O)N(C)[C@H](C(=O)N[C@@]2(C)Cc3cccc(c3)-c3ccc4c(c3)c(c(-c3cccnc3[C@H](C)OC)n4CC)CC(C)(C)COC(=O)[C@@H]3CCCN(N3)C2=O)C(C)C)C1. The van der Waals surface area contributed by atoms with Gasteiger partial charge in [0.05, 0.1) is 30.0 Å². The second kappa shape index (κ2) is 20.1. The van der Waals surface area contributed by atoms with Gasteiger partial charge in [0.1, 0.15) is 17.6 Å². The molecule has 6 bridgehead atoms. The zero-order valence-corrected chi connectivity index (χ0v) is 40.8. The lowest BCUT2D eigenvalue weighted by atomic mass is 9.84. The molecule has 4 aromatic rings. The van der Waals surface area contributed by atoms with Crippen LogP contribution >= 0.6 is 0 Å². The number of nitrogens with zero attached hydrogens (tertiary/aromatic N) is 5. The highest BCUT2D eigenvalue weighted by Gasteiger charge is 2.45. The van der Waals surface area contributed by atoms with Crippen molar-refractivity contribution in [2.24, 2.45) is 17.3 Å². The molecule has 0 saturated carbocycles. The summed E-state index contributed by atoms with van der Waals surface area (Å²) in [7, 11) is 3.30. The van der Waals surface area contributed by atoms with Crippen molar-refractivity contribution < 1.29 is 33.4 Å². The quantitative estimate of drug-likeness (QED) is 0.142. The molecule has 2 N–H and O–H groups in total. The second-order valence-corrected chi connectivity index (χ2v) is 19.8. The molecule has 0 spiro atoms. The number of benzene rings is 2. The van der Waals surface area contributed by atoms with Gasteiger partial charge in [-0.1, -0.05) is 63.9 Å². The van der Waals surface area contributed by atoms with Gasteiger partial charge in [0.25, 0.3) is 11.8 Å². The molecule has 0 aliphatic carbocycles. The first kappa shape index (κ1) is 48.9. The summed E-state index contributed by atoms with van der Waals surface area (Å²) >= 11 is 0. The van der Waals surface area contributed by atoms with Gasteiger partial charge >= 0.3 is 5.97 Å². The monoisotopic (exact) mass is 914 g/mol. The van der Waals surface area contributed by atoms with Gasteiger partial charge in [-0.3, -0.25) is 34.0 Å². The van der Waals surface area contributed by atoms with Crippen molar-refractivity contribution >= 4 is 40.5 Å². The number of carbonyl (C=O) groups excluding carboxylic acids is 5. The van der Waals surface area contributed by atoms with E-state index in [2.05, 4.69) is 84.3 Å². The molecule has 14 heteroatoms. The highest BCUT2D eigenvalue weighted by Crippen LogP contribution is 2.42. The van der Waals surface area contributed by atoms with E-state index in [-0.39, 0.29) is 43.4 Å². The Labute approximate surface area is 395 Å². The van der Waals surface area contributed by atoms with Crippen molar-refractivity contribution in [3.63, 3.8) is 0 Å². The summed E-state index contributed by atoms with van der Waals surface area (Å²) in [5.74, 6) is 2.43. The molecular weight excluding hydrogens is 847 g/mol. The highest BCUT2D eigenvalue weighted by molar-refractivity contribution is 5.97. The zero-order valence-electron chi connectivity index (χ0n) is 40.8. The minimum Gasteiger partial charge on any atom is -0.464 e. The number of likely N-dealkylation sites (tertiary alicyclic amines) is 1. The van der Waals surface area contributed by atoms with E-state index in [1.807, 2.05) is 39.0 Å². The maximum Gasteiger partial charge on any atom is 0.324 e. The fourth-order valence-electron chi connectivity index (χ4n) is 10.2. The van der Waals surface area contributed by atoms with Crippen LogP contribution in [0.25, 0.3) is 33.3 Å². The zero-order chi connectivity index (χ0) is 48.4. The fourth-order valence-corrected chi connectivity index (χ4v) is 10.2. The molecule has 2 aromatic carbocycles. The number of cyclic esters (lactones) is 1. The van der Waals surface area contributed by atoms with Crippen LogP contribution in [0, 0.1) is 29.1 Å². The summed E-state index contributed by atoms with van der Waals surface area (Å²) < 4.78 is 14.3. The number of likely N-dealkylation sites (N-methyl/N-ethyl adjacent to an activating group) is 1. The molecule has 0 unspecified atom stereocenters. The average molecular weight is 914 g/mol. The van der Waals surface area contributed by atoms with Gasteiger partial charge in [0, 0.05) is 74.8 Å². The van der Waals surface area contributed by atoms with Gasteiger partial charge in [-0.25, -0.2) is 5.43 Å². The summed E-state index contributed by atoms with van der Waals surface area (Å²) in [6.07, 6.45) is 3.69. The van der Waals surface area contributed by atoms with E-state index in [1.165, 1.54) is 9.91 Å². The van der Waals surface area contributed by atoms with Gasteiger partial charge < -0.3 is 29.2 Å². The molecule has 3 aliphatic heterocycles. The topological polar surface area (TPSA) is 155 Å². The molecular formula is C53H67N7O7. The molecule has 5 heterocycles. The van der Waals surface area contributed by atoms with E-state index in [0.717, 1.165) is 50.1 Å². The van der Waals surface area contributed by atoms with Crippen molar-refractivity contribution in [2.45, 2.75) is 118 Å². The van der Waals surface area contributed by atoms with Crippen molar-refractivity contribution in [1.29, 1.82) is 0 Å². The van der Waals surface area contributed by atoms with Gasteiger partial charge in [-0.05, 0) is 112 Å². The Balaban J connectivity index is 1.30. The number of fused-ring (bicyclic) bond motifs is 6. The summed E-state index contributed by atoms with van der Waals surface area (Å²) in [6.45, 7) is 17.1. The first-order valence-corrected chi connectivity index (χ1v) is 23.7. The van der Waals surface area contributed by atoms with Crippen LogP contribution in [-0.4, -0.2) is 112 Å². The van der Waals surface area contributed by atoms with Crippen LogP contribution in [0.1, 0.15) is 97.6 Å². The Hall–Kier alpha value is -6.04. The van der Waals surface area contributed by atoms with Gasteiger partial charge in [0.15, 0.2) is 0 Å². The lowest BCUT2D eigenvalue weighted by molar-refractivity contribution is -0.157. The largest absolute Gasteiger partial charge is 0.464 e. The Kier molecular flexibility index (Phi) is 14.6. The maximum atomic E-state index is 15.0. The van der Waals surface area contributed by atoms with Crippen LogP contribution in [0.2, 0.25) is 0 Å². The number of pyridine rings is 1. The first-order valence-electron chi connectivity index (χ1n) is 23.7. The first-order chi connectivity index (χ1) is 31.9. The van der Waals surface area contributed by atoms with Crippen molar-refractivity contribution in [2.75, 3.05) is 40.4 Å². The summed E-state index contributed by atoms with van der Waals surface area (Å²) in [4.78, 5) is 78.2. The Bertz CT molecular complexity index is 2610.